The Hall–Kier alpha value is -1.73. The molecule has 2 heterocycles. The number of hydrogen-bond donors (Lipinski definition) is 2. The zero-order chi connectivity index (χ0) is 13.8. The number of hydrogen-bond acceptors (Lipinski definition) is 5. The highest BCUT2D eigenvalue weighted by Crippen LogP contribution is 2.25. The van der Waals surface area contributed by atoms with Gasteiger partial charge in [-0.3, -0.25) is 5.10 Å². The standard InChI is InChI=1S/C13H11BrN4OS/c14-12-6-3-10(19-12)7-15-9-1-4-11(5-2-9)20-13-16-8-17-18-13/h1-6,8,15H,7H2,(H,16,17,18). The summed E-state index contributed by atoms with van der Waals surface area (Å²) in [4.78, 5) is 5.18. The van der Waals surface area contributed by atoms with E-state index in [0.29, 0.717) is 6.54 Å². The molecular formula is C13H11BrN4OS. The minimum absolute atomic E-state index is 0.653. The number of rotatable bonds is 5. The Morgan fingerprint density at radius 3 is 2.70 bits per heavy atom. The van der Waals surface area contributed by atoms with Gasteiger partial charge < -0.3 is 9.73 Å². The Labute approximate surface area is 128 Å². The van der Waals surface area contributed by atoms with Crippen molar-refractivity contribution in [3.8, 4) is 0 Å². The third-order valence-electron chi connectivity index (χ3n) is 2.56. The molecule has 2 N–H and O–H groups in total. The van der Waals surface area contributed by atoms with E-state index < -0.39 is 0 Å². The summed E-state index contributed by atoms with van der Waals surface area (Å²) in [6.45, 7) is 0.653. The first-order valence-corrected chi connectivity index (χ1v) is 7.52. The van der Waals surface area contributed by atoms with Crippen LogP contribution in [0.4, 0.5) is 5.69 Å². The number of anilines is 1. The van der Waals surface area contributed by atoms with Gasteiger partial charge in [-0.25, -0.2) is 4.98 Å². The Morgan fingerprint density at radius 2 is 2.05 bits per heavy atom. The van der Waals surface area contributed by atoms with Crippen molar-refractivity contribution in [1.29, 1.82) is 0 Å². The van der Waals surface area contributed by atoms with Crippen molar-refractivity contribution in [3.63, 3.8) is 0 Å². The van der Waals surface area contributed by atoms with Crippen LogP contribution in [0.2, 0.25) is 0 Å². The van der Waals surface area contributed by atoms with E-state index in [1.54, 1.807) is 0 Å². The van der Waals surface area contributed by atoms with Crippen molar-refractivity contribution in [3.05, 3.63) is 53.2 Å². The molecule has 3 rings (SSSR count). The van der Waals surface area contributed by atoms with Crippen LogP contribution in [0.25, 0.3) is 0 Å². The Kier molecular flexibility index (Phi) is 4.08. The van der Waals surface area contributed by atoms with Crippen LogP contribution in [0.3, 0.4) is 0 Å². The number of aromatic nitrogens is 3. The van der Waals surface area contributed by atoms with E-state index in [1.165, 1.54) is 18.1 Å². The quantitative estimate of drug-likeness (QED) is 0.729. The van der Waals surface area contributed by atoms with Gasteiger partial charge in [0.1, 0.15) is 12.1 Å². The average Bonchev–Trinajstić information content (AvgIpc) is 3.10. The fourth-order valence-corrected chi connectivity index (χ4v) is 2.67. The number of furan rings is 1. The van der Waals surface area contributed by atoms with Gasteiger partial charge in [0.05, 0.1) is 6.54 Å². The summed E-state index contributed by atoms with van der Waals surface area (Å²) in [6, 6.07) is 11.9. The summed E-state index contributed by atoms with van der Waals surface area (Å²) in [6.07, 6.45) is 1.50. The molecule has 20 heavy (non-hydrogen) atoms. The summed E-state index contributed by atoms with van der Waals surface area (Å²) in [5, 5.41) is 10.7. The maximum atomic E-state index is 5.43. The second-order valence-electron chi connectivity index (χ2n) is 3.98. The van der Waals surface area contributed by atoms with Crippen molar-refractivity contribution in [1.82, 2.24) is 15.2 Å². The van der Waals surface area contributed by atoms with Gasteiger partial charge in [0, 0.05) is 10.6 Å². The van der Waals surface area contributed by atoms with Crippen LogP contribution in [-0.4, -0.2) is 15.2 Å². The van der Waals surface area contributed by atoms with Gasteiger partial charge >= 0.3 is 0 Å². The van der Waals surface area contributed by atoms with Crippen LogP contribution in [-0.2, 0) is 6.54 Å². The van der Waals surface area contributed by atoms with E-state index in [-0.39, 0.29) is 0 Å². The van der Waals surface area contributed by atoms with Crippen LogP contribution in [0.15, 0.2) is 61.9 Å². The van der Waals surface area contributed by atoms with Crippen molar-refractivity contribution >= 4 is 33.4 Å². The van der Waals surface area contributed by atoms with Crippen LogP contribution >= 0.6 is 27.7 Å². The van der Waals surface area contributed by atoms with E-state index in [1.807, 2.05) is 36.4 Å². The van der Waals surface area contributed by atoms with Crippen LogP contribution in [0.5, 0.6) is 0 Å². The van der Waals surface area contributed by atoms with Crippen LogP contribution in [0.1, 0.15) is 5.76 Å². The average molecular weight is 351 g/mol. The Balaban J connectivity index is 1.58. The molecular weight excluding hydrogens is 340 g/mol. The fourth-order valence-electron chi connectivity index (χ4n) is 1.63. The van der Waals surface area contributed by atoms with E-state index >= 15 is 0 Å². The lowest BCUT2D eigenvalue weighted by Gasteiger charge is -2.05. The van der Waals surface area contributed by atoms with Crippen LogP contribution < -0.4 is 5.32 Å². The molecule has 0 aliphatic carbocycles. The van der Waals surface area contributed by atoms with Crippen molar-refractivity contribution in [2.45, 2.75) is 16.6 Å². The minimum Gasteiger partial charge on any atom is -0.452 e. The highest BCUT2D eigenvalue weighted by molar-refractivity contribution is 9.10. The number of H-pyrrole nitrogens is 1. The van der Waals surface area contributed by atoms with Crippen molar-refractivity contribution < 1.29 is 4.42 Å². The molecule has 5 nitrogen and oxygen atoms in total. The first-order valence-electron chi connectivity index (χ1n) is 5.91. The van der Waals surface area contributed by atoms with Gasteiger partial charge in [-0.15, -0.1) is 0 Å². The predicted molar refractivity (Wildman–Crippen MR) is 80.7 cm³/mol. The van der Waals surface area contributed by atoms with Crippen LogP contribution in [0, 0.1) is 0 Å². The number of nitrogens with zero attached hydrogens (tertiary/aromatic N) is 2. The number of aromatic amines is 1. The molecule has 0 unspecified atom stereocenters. The molecule has 0 spiro atoms. The van der Waals surface area contributed by atoms with E-state index in [0.717, 1.165) is 26.2 Å². The third-order valence-corrected chi connectivity index (χ3v) is 3.88. The summed E-state index contributed by atoms with van der Waals surface area (Å²) < 4.78 is 6.17. The molecule has 0 fully saturated rings. The molecule has 3 aromatic rings. The van der Waals surface area contributed by atoms with Gasteiger partial charge in [-0.05, 0) is 52.3 Å². The van der Waals surface area contributed by atoms with E-state index in [9.17, 15) is 0 Å². The lowest BCUT2D eigenvalue weighted by molar-refractivity contribution is 0.495. The second-order valence-corrected chi connectivity index (χ2v) is 5.82. The Morgan fingerprint density at radius 1 is 1.20 bits per heavy atom. The molecule has 0 amide bonds. The third kappa shape index (κ3) is 3.43. The smallest absolute Gasteiger partial charge is 0.188 e. The zero-order valence-corrected chi connectivity index (χ0v) is 12.7. The summed E-state index contributed by atoms with van der Waals surface area (Å²) >= 11 is 4.82. The summed E-state index contributed by atoms with van der Waals surface area (Å²) in [5.41, 5.74) is 1.04. The maximum Gasteiger partial charge on any atom is 0.188 e. The number of benzene rings is 1. The monoisotopic (exact) mass is 350 g/mol. The topological polar surface area (TPSA) is 66.7 Å². The Bertz CT molecular complexity index is 666. The minimum atomic E-state index is 0.653. The summed E-state index contributed by atoms with van der Waals surface area (Å²) in [7, 11) is 0. The van der Waals surface area contributed by atoms with Gasteiger partial charge in [-0.2, -0.15) is 5.10 Å². The fraction of sp³-hybridized carbons (Fsp3) is 0.0769. The molecule has 0 atom stereocenters. The molecule has 0 aliphatic rings. The predicted octanol–water partition coefficient (Wildman–Crippen LogP) is 3.92. The lowest BCUT2D eigenvalue weighted by Crippen LogP contribution is -1.97. The van der Waals surface area contributed by atoms with Crippen molar-refractivity contribution in [2.75, 3.05) is 5.32 Å². The van der Waals surface area contributed by atoms with E-state index in [4.69, 9.17) is 4.42 Å². The molecule has 0 aliphatic heterocycles. The van der Waals surface area contributed by atoms with Gasteiger partial charge in [0.2, 0.25) is 0 Å². The molecule has 0 radical (unpaired) electrons. The molecule has 0 saturated heterocycles. The summed E-state index contributed by atoms with van der Waals surface area (Å²) in [5.74, 6) is 0.886. The molecule has 102 valence electrons. The SMILES string of the molecule is Brc1ccc(CNc2ccc(Sc3ncn[nH]3)cc2)o1. The van der Waals surface area contributed by atoms with E-state index in [2.05, 4.69) is 36.4 Å². The first kappa shape index (κ1) is 13.3. The van der Waals surface area contributed by atoms with Gasteiger partial charge in [0.25, 0.3) is 0 Å². The maximum absolute atomic E-state index is 5.43. The highest BCUT2D eigenvalue weighted by Gasteiger charge is 2.02. The second kappa shape index (κ2) is 6.15. The normalized spacial score (nSPS) is 10.7. The van der Waals surface area contributed by atoms with Gasteiger partial charge in [0.15, 0.2) is 9.83 Å². The number of nitrogens with one attached hydrogen (secondary N) is 2. The molecule has 2 aromatic heterocycles. The molecule has 1 aromatic carbocycles. The highest BCUT2D eigenvalue weighted by atomic mass is 79.9. The zero-order valence-electron chi connectivity index (χ0n) is 10.3. The molecule has 0 bridgehead atoms. The first-order chi connectivity index (χ1) is 9.79. The molecule has 7 heteroatoms. The molecule has 0 saturated carbocycles. The number of halogens is 1. The largest absolute Gasteiger partial charge is 0.452 e. The van der Waals surface area contributed by atoms with Crippen molar-refractivity contribution in [2.24, 2.45) is 0 Å². The lowest BCUT2D eigenvalue weighted by atomic mass is 10.3. The van der Waals surface area contributed by atoms with Gasteiger partial charge in [-0.1, -0.05) is 11.8 Å².